The normalized spacial score (nSPS) is 22.1. The first-order chi connectivity index (χ1) is 13.2. The monoisotopic (exact) mass is 372 g/mol. The number of fused-ring (bicyclic) bond motifs is 1. The lowest BCUT2D eigenvalue weighted by atomic mass is 10.1. The van der Waals surface area contributed by atoms with Crippen molar-refractivity contribution in [2.24, 2.45) is 0 Å². The van der Waals surface area contributed by atoms with Crippen LogP contribution in [0.4, 0.5) is 5.82 Å². The standard InChI is InChI=1S/C20H28N4O3/c1-2-3-4-5-6-7-8-9-14-11-24(19-17(14)18(21)22-13-23-19)20-16(26)10-15(12-25)27-20/h11,13,15-16,20,25-26H,2-7,10,12H2,1H3,(H2,21,22,23)/t15-,16?,20+/m0/s1. The third kappa shape index (κ3) is 4.41. The average molecular weight is 372 g/mol. The number of unbranched alkanes of at least 4 members (excludes halogenated alkanes) is 5. The van der Waals surface area contributed by atoms with Crippen LogP contribution in [0, 0.1) is 11.8 Å². The fourth-order valence-corrected chi connectivity index (χ4v) is 3.47. The summed E-state index contributed by atoms with van der Waals surface area (Å²) in [5, 5.41) is 20.3. The molecule has 3 rings (SSSR count). The first kappa shape index (κ1) is 19.6. The number of ether oxygens (including phenoxy) is 1. The smallest absolute Gasteiger partial charge is 0.161 e. The largest absolute Gasteiger partial charge is 0.394 e. The van der Waals surface area contributed by atoms with Gasteiger partial charge in [-0.3, -0.25) is 0 Å². The van der Waals surface area contributed by atoms with Crippen molar-refractivity contribution in [3.63, 3.8) is 0 Å². The molecule has 4 N–H and O–H groups in total. The van der Waals surface area contributed by atoms with Crippen molar-refractivity contribution in [3.05, 3.63) is 18.1 Å². The van der Waals surface area contributed by atoms with Gasteiger partial charge in [0.05, 0.1) is 23.7 Å². The zero-order valence-corrected chi connectivity index (χ0v) is 15.8. The van der Waals surface area contributed by atoms with Gasteiger partial charge >= 0.3 is 0 Å². The maximum Gasteiger partial charge on any atom is 0.161 e. The molecular weight excluding hydrogens is 344 g/mol. The Bertz CT molecular complexity index is 824. The fourth-order valence-electron chi connectivity index (χ4n) is 3.47. The van der Waals surface area contributed by atoms with E-state index < -0.39 is 12.3 Å². The second-order valence-corrected chi connectivity index (χ2v) is 7.01. The van der Waals surface area contributed by atoms with Gasteiger partial charge in [-0.05, 0) is 6.42 Å². The van der Waals surface area contributed by atoms with Crippen LogP contribution in [-0.2, 0) is 4.74 Å². The van der Waals surface area contributed by atoms with Crippen LogP contribution in [0.25, 0.3) is 11.0 Å². The van der Waals surface area contributed by atoms with Crippen molar-refractivity contribution in [1.29, 1.82) is 0 Å². The number of anilines is 1. The predicted molar refractivity (Wildman–Crippen MR) is 104 cm³/mol. The molecule has 3 atom stereocenters. The van der Waals surface area contributed by atoms with Crippen molar-refractivity contribution in [2.45, 2.75) is 70.3 Å². The highest BCUT2D eigenvalue weighted by molar-refractivity contribution is 5.92. The molecule has 0 amide bonds. The third-order valence-corrected chi connectivity index (χ3v) is 4.91. The Kier molecular flexibility index (Phi) is 6.67. The molecule has 1 unspecified atom stereocenters. The van der Waals surface area contributed by atoms with E-state index in [1.165, 1.54) is 32.0 Å². The maximum atomic E-state index is 10.3. The molecule has 7 nitrogen and oxygen atoms in total. The third-order valence-electron chi connectivity index (χ3n) is 4.91. The summed E-state index contributed by atoms with van der Waals surface area (Å²) in [6.45, 7) is 2.07. The summed E-state index contributed by atoms with van der Waals surface area (Å²) in [5.74, 6) is 6.76. The highest BCUT2D eigenvalue weighted by atomic mass is 16.5. The Balaban J connectivity index is 1.82. The number of nitrogen functional groups attached to an aromatic ring is 1. The van der Waals surface area contributed by atoms with Crippen molar-refractivity contribution in [3.8, 4) is 11.8 Å². The number of aromatic nitrogens is 3. The molecular formula is C20H28N4O3. The molecule has 0 saturated carbocycles. The Labute approximate surface area is 159 Å². The van der Waals surface area contributed by atoms with Crippen LogP contribution in [0.1, 0.15) is 63.7 Å². The lowest BCUT2D eigenvalue weighted by Gasteiger charge is -2.17. The quantitative estimate of drug-likeness (QED) is 0.509. The molecule has 0 bridgehead atoms. The second kappa shape index (κ2) is 9.18. The van der Waals surface area contributed by atoms with Gasteiger partial charge < -0.3 is 25.3 Å². The van der Waals surface area contributed by atoms with Crippen LogP contribution in [0.3, 0.4) is 0 Å². The summed E-state index contributed by atoms with van der Waals surface area (Å²) in [6, 6.07) is 0. The summed E-state index contributed by atoms with van der Waals surface area (Å²) >= 11 is 0. The highest BCUT2D eigenvalue weighted by Gasteiger charge is 2.36. The van der Waals surface area contributed by atoms with E-state index in [1.54, 1.807) is 4.57 Å². The molecule has 146 valence electrons. The molecule has 2 aromatic rings. The van der Waals surface area contributed by atoms with Crippen LogP contribution >= 0.6 is 0 Å². The number of nitrogens with zero attached hydrogens (tertiary/aromatic N) is 3. The first-order valence-electron chi connectivity index (χ1n) is 9.70. The minimum Gasteiger partial charge on any atom is -0.394 e. The van der Waals surface area contributed by atoms with Crippen LogP contribution < -0.4 is 5.73 Å². The molecule has 0 radical (unpaired) electrons. The van der Waals surface area contributed by atoms with E-state index >= 15 is 0 Å². The van der Waals surface area contributed by atoms with Gasteiger partial charge in [0.25, 0.3) is 0 Å². The predicted octanol–water partition coefficient (Wildman–Crippen LogP) is 2.37. The number of hydrogen-bond acceptors (Lipinski definition) is 6. The Morgan fingerprint density at radius 3 is 2.85 bits per heavy atom. The Hall–Kier alpha value is -2.14. The molecule has 1 fully saturated rings. The van der Waals surface area contributed by atoms with Crippen LogP contribution in [0.2, 0.25) is 0 Å². The maximum absolute atomic E-state index is 10.3. The summed E-state index contributed by atoms with van der Waals surface area (Å²) in [5.41, 5.74) is 7.38. The van der Waals surface area contributed by atoms with E-state index in [0.717, 1.165) is 18.4 Å². The van der Waals surface area contributed by atoms with Crippen LogP contribution in [0.15, 0.2) is 12.5 Å². The molecule has 7 heteroatoms. The number of aliphatic hydroxyl groups is 2. The van der Waals surface area contributed by atoms with Crippen molar-refractivity contribution < 1.29 is 14.9 Å². The average Bonchev–Trinajstić information content (AvgIpc) is 3.22. The second-order valence-electron chi connectivity index (χ2n) is 7.01. The summed E-state index contributed by atoms with van der Waals surface area (Å²) in [4.78, 5) is 8.40. The van der Waals surface area contributed by atoms with Gasteiger partial charge in [0.1, 0.15) is 23.9 Å². The van der Waals surface area contributed by atoms with Crippen molar-refractivity contribution in [2.75, 3.05) is 12.3 Å². The van der Waals surface area contributed by atoms with E-state index in [-0.39, 0.29) is 12.7 Å². The Morgan fingerprint density at radius 2 is 2.11 bits per heavy atom. The number of nitrogens with two attached hydrogens (primary N) is 1. The van der Waals surface area contributed by atoms with Crippen molar-refractivity contribution >= 4 is 16.9 Å². The molecule has 0 aromatic carbocycles. The molecule has 0 aliphatic carbocycles. The lowest BCUT2D eigenvalue weighted by molar-refractivity contribution is -0.0484. The van der Waals surface area contributed by atoms with Crippen LogP contribution in [-0.4, -0.2) is 43.6 Å². The molecule has 0 spiro atoms. The van der Waals surface area contributed by atoms with Gasteiger partial charge in [0, 0.05) is 19.0 Å². The molecule has 2 aromatic heterocycles. The SMILES string of the molecule is CCCCCCCC#Cc1cn([C@@H]2O[C@H](CO)CC2O)c2ncnc(N)c12. The van der Waals surface area contributed by atoms with E-state index in [2.05, 4.69) is 28.7 Å². The molecule has 1 aliphatic rings. The zero-order valence-electron chi connectivity index (χ0n) is 15.8. The topological polar surface area (TPSA) is 106 Å². The van der Waals surface area contributed by atoms with Crippen LogP contribution in [0.5, 0.6) is 0 Å². The van der Waals surface area contributed by atoms with E-state index in [9.17, 15) is 10.2 Å². The number of hydrogen-bond donors (Lipinski definition) is 3. The van der Waals surface area contributed by atoms with Gasteiger partial charge in [0.2, 0.25) is 0 Å². The van der Waals surface area contributed by atoms with E-state index in [1.807, 2.05) is 6.20 Å². The summed E-state index contributed by atoms with van der Waals surface area (Å²) < 4.78 is 7.51. The summed E-state index contributed by atoms with van der Waals surface area (Å²) in [6.07, 6.45) is 8.71. The highest BCUT2D eigenvalue weighted by Crippen LogP contribution is 2.33. The van der Waals surface area contributed by atoms with E-state index in [4.69, 9.17) is 10.5 Å². The molecule has 1 aliphatic heterocycles. The van der Waals surface area contributed by atoms with Gasteiger partial charge in [-0.15, -0.1) is 0 Å². The molecule has 3 heterocycles. The van der Waals surface area contributed by atoms with Gasteiger partial charge in [0.15, 0.2) is 6.23 Å². The first-order valence-corrected chi connectivity index (χ1v) is 9.70. The molecule has 27 heavy (non-hydrogen) atoms. The Morgan fingerprint density at radius 1 is 1.30 bits per heavy atom. The lowest BCUT2D eigenvalue weighted by Crippen LogP contribution is -2.19. The zero-order chi connectivity index (χ0) is 19.2. The minimum absolute atomic E-state index is 0.130. The molecule has 1 saturated heterocycles. The van der Waals surface area contributed by atoms with Crippen molar-refractivity contribution in [1.82, 2.24) is 14.5 Å². The number of rotatable bonds is 7. The summed E-state index contributed by atoms with van der Waals surface area (Å²) in [7, 11) is 0. The minimum atomic E-state index is -0.728. The van der Waals surface area contributed by atoms with E-state index in [0.29, 0.717) is 23.3 Å². The van der Waals surface area contributed by atoms with Gasteiger partial charge in [-0.2, -0.15) is 0 Å². The van der Waals surface area contributed by atoms with Gasteiger partial charge in [-0.25, -0.2) is 9.97 Å². The number of aliphatic hydroxyl groups excluding tert-OH is 2. The fraction of sp³-hybridized carbons (Fsp3) is 0.600. The van der Waals surface area contributed by atoms with Gasteiger partial charge in [-0.1, -0.05) is 44.4 Å².